The van der Waals surface area contributed by atoms with E-state index >= 15 is 0 Å². The van der Waals surface area contributed by atoms with Gasteiger partial charge in [0.15, 0.2) is 6.10 Å². The van der Waals surface area contributed by atoms with Crippen molar-refractivity contribution < 1.29 is 14.3 Å². The van der Waals surface area contributed by atoms with Crippen molar-refractivity contribution in [1.82, 2.24) is 10.2 Å². The first-order valence-corrected chi connectivity index (χ1v) is 8.92. The van der Waals surface area contributed by atoms with Crippen LogP contribution in [0, 0.1) is 13.8 Å². The molecular weight excluding hydrogens is 304 g/mol. The predicted octanol–water partition coefficient (Wildman–Crippen LogP) is 2.30. The molecule has 0 aliphatic carbocycles. The van der Waals surface area contributed by atoms with Crippen molar-refractivity contribution in [1.29, 1.82) is 0 Å². The maximum atomic E-state index is 12.3. The summed E-state index contributed by atoms with van der Waals surface area (Å²) in [6.45, 7) is 11.4. The van der Waals surface area contributed by atoms with Crippen LogP contribution < -0.4 is 10.1 Å². The molecule has 1 heterocycles. The zero-order valence-corrected chi connectivity index (χ0v) is 15.1. The molecule has 1 aromatic carbocycles. The molecule has 0 aromatic heterocycles. The lowest BCUT2D eigenvalue weighted by Crippen LogP contribution is -2.41. The highest BCUT2D eigenvalue weighted by atomic mass is 16.5. The van der Waals surface area contributed by atoms with Crippen LogP contribution in [0.2, 0.25) is 0 Å². The van der Waals surface area contributed by atoms with Gasteiger partial charge in [0.1, 0.15) is 5.75 Å². The second-order valence-corrected chi connectivity index (χ2v) is 6.36. The van der Waals surface area contributed by atoms with Crippen molar-refractivity contribution in [3.8, 4) is 5.75 Å². The standard InChI is InChI=1S/C19H30N2O3/c1-4-18(24-17-7-6-15(2)16(3)14-17)19(22)20-8-5-9-21-10-12-23-13-11-21/h6-7,14,18H,4-5,8-13H2,1-3H3,(H,20,22)/t18-/m1/s1. The summed E-state index contributed by atoms with van der Waals surface area (Å²) in [5.41, 5.74) is 2.40. The highest BCUT2D eigenvalue weighted by molar-refractivity contribution is 5.81. The summed E-state index contributed by atoms with van der Waals surface area (Å²) < 4.78 is 11.2. The SMILES string of the molecule is CC[C@@H](Oc1ccc(C)c(C)c1)C(=O)NCCCN1CCOCC1. The first kappa shape index (κ1) is 18.7. The third-order valence-corrected chi connectivity index (χ3v) is 4.47. The predicted molar refractivity (Wildman–Crippen MR) is 95.5 cm³/mol. The Balaban J connectivity index is 1.73. The third kappa shape index (κ3) is 5.80. The topological polar surface area (TPSA) is 50.8 Å². The molecule has 0 unspecified atom stereocenters. The largest absolute Gasteiger partial charge is 0.481 e. The fourth-order valence-corrected chi connectivity index (χ4v) is 2.73. The number of hydrogen-bond acceptors (Lipinski definition) is 4. The van der Waals surface area contributed by atoms with Crippen LogP contribution in [-0.4, -0.2) is 56.3 Å². The molecule has 0 radical (unpaired) electrons. The average molecular weight is 334 g/mol. The molecule has 0 bridgehead atoms. The van der Waals surface area contributed by atoms with Gasteiger partial charge in [-0.15, -0.1) is 0 Å². The van der Waals surface area contributed by atoms with Gasteiger partial charge in [0.25, 0.3) is 5.91 Å². The Morgan fingerprint density at radius 2 is 2.04 bits per heavy atom. The number of carbonyl (C=O) groups excluding carboxylic acids is 1. The van der Waals surface area contributed by atoms with Gasteiger partial charge in [-0.25, -0.2) is 0 Å². The summed E-state index contributed by atoms with van der Waals surface area (Å²) in [6.07, 6.45) is 1.17. The van der Waals surface area contributed by atoms with Crippen molar-refractivity contribution in [2.75, 3.05) is 39.4 Å². The molecule has 1 amide bonds. The Kier molecular flexibility index (Phi) is 7.53. The number of nitrogens with zero attached hydrogens (tertiary/aromatic N) is 1. The number of aryl methyl sites for hydroxylation is 2. The van der Waals surface area contributed by atoms with Gasteiger partial charge in [-0.1, -0.05) is 13.0 Å². The molecule has 1 aliphatic heterocycles. The van der Waals surface area contributed by atoms with Crippen molar-refractivity contribution in [2.24, 2.45) is 0 Å². The Hall–Kier alpha value is -1.59. The van der Waals surface area contributed by atoms with Crippen molar-refractivity contribution in [3.63, 3.8) is 0 Å². The van der Waals surface area contributed by atoms with Crippen LogP contribution >= 0.6 is 0 Å². The molecule has 1 atom stereocenters. The number of carbonyl (C=O) groups is 1. The Bertz CT molecular complexity index is 527. The highest BCUT2D eigenvalue weighted by Crippen LogP contribution is 2.18. The van der Waals surface area contributed by atoms with Gasteiger partial charge in [0, 0.05) is 19.6 Å². The van der Waals surface area contributed by atoms with E-state index < -0.39 is 6.10 Å². The van der Waals surface area contributed by atoms with E-state index in [-0.39, 0.29) is 5.91 Å². The number of amides is 1. The summed E-state index contributed by atoms with van der Waals surface area (Å²) in [4.78, 5) is 14.7. The maximum Gasteiger partial charge on any atom is 0.261 e. The first-order valence-electron chi connectivity index (χ1n) is 8.92. The maximum absolute atomic E-state index is 12.3. The molecule has 5 heteroatoms. The zero-order chi connectivity index (χ0) is 17.4. The van der Waals surface area contributed by atoms with Gasteiger partial charge in [0.05, 0.1) is 13.2 Å². The van der Waals surface area contributed by atoms with Crippen LogP contribution in [0.25, 0.3) is 0 Å². The van der Waals surface area contributed by atoms with E-state index in [1.54, 1.807) is 0 Å². The van der Waals surface area contributed by atoms with Crippen LogP contribution in [0.3, 0.4) is 0 Å². The van der Waals surface area contributed by atoms with E-state index in [0.717, 1.165) is 45.0 Å². The van der Waals surface area contributed by atoms with E-state index in [0.29, 0.717) is 13.0 Å². The molecular formula is C19H30N2O3. The molecule has 1 aliphatic rings. The normalized spacial score (nSPS) is 16.6. The minimum atomic E-state index is -0.435. The van der Waals surface area contributed by atoms with Gasteiger partial charge >= 0.3 is 0 Å². The van der Waals surface area contributed by atoms with E-state index in [9.17, 15) is 4.79 Å². The summed E-state index contributed by atoms with van der Waals surface area (Å²) in [7, 11) is 0. The average Bonchev–Trinajstić information content (AvgIpc) is 2.60. The van der Waals surface area contributed by atoms with Gasteiger partial charge in [-0.05, 0) is 56.5 Å². The molecule has 1 fully saturated rings. The van der Waals surface area contributed by atoms with Crippen molar-refractivity contribution >= 4 is 5.91 Å². The molecule has 5 nitrogen and oxygen atoms in total. The minimum Gasteiger partial charge on any atom is -0.481 e. The molecule has 1 N–H and O–H groups in total. The summed E-state index contributed by atoms with van der Waals surface area (Å²) in [6, 6.07) is 5.94. The van der Waals surface area contributed by atoms with Gasteiger partial charge in [0.2, 0.25) is 0 Å². The minimum absolute atomic E-state index is 0.0299. The van der Waals surface area contributed by atoms with E-state index in [4.69, 9.17) is 9.47 Å². The first-order chi connectivity index (χ1) is 11.6. The number of nitrogens with one attached hydrogen (secondary N) is 1. The van der Waals surface area contributed by atoms with Crippen LogP contribution in [-0.2, 0) is 9.53 Å². The molecule has 2 rings (SSSR count). The summed E-state index contributed by atoms with van der Waals surface area (Å²) in [5, 5.41) is 3.00. The van der Waals surface area contributed by atoms with Crippen molar-refractivity contribution in [3.05, 3.63) is 29.3 Å². The number of benzene rings is 1. The number of rotatable bonds is 8. The lowest BCUT2D eigenvalue weighted by molar-refractivity contribution is -0.128. The fourth-order valence-electron chi connectivity index (χ4n) is 2.73. The number of morpholine rings is 1. The molecule has 1 saturated heterocycles. The third-order valence-electron chi connectivity index (χ3n) is 4.47. The monoisotopic (exact) mass is 334 g/mol. The Morgan fingerprint density at radius 3 is 2.71 bits per heavy atom. The second kappa shape index (κ2) is 9.64. The summed E-state index contributed by atoms with van der Waals surface area (Å²) >= 11 is 0. The molecule has 1 aromatic rings. The van der Waals surface area contributed by atoms with Crippen LogP contribution in [0.4, 0.5) is 0 Å². The lowest BCUT2D eigenvalue weighted by atomic mass is 10.1. The number of ether oxygens (including phenoxy) is 2. The quantitative estimate of drug-likeness (QED) is 0.741. The Labute approximate surface area is 145 Å². The fraction of sp³-hybridized carbons (Fsp3) is 0.632. The van der Waals surface area contributed by atoms with E-state index in [1.165, 1.54) is 11.1 Å². The smallest absolute Gasteiger partial charge is 0.261 e. The zero-order valence-electron chi connectivity index (χ0n) is 15.1. The van der Waals surface area contributed by atoms with Crippen LogP contribution in [0.1, 0.15) is 30.9 Å². The molecule has 0 spiro atoms. The van der Waals surface area contributed by atoms with E-state index in [1.807, 2.05) is 25.1 Å². The molecule has 134 valence electrons. The van der Waals surface area contributed by atoms with Crippen LogP contribution in [0.15, 0.2) is 18.2 Å². The van der Waals surface area contributed by atoms with E-state index in [2.05, 4.69) is 24.1 Å². The van der Waals surface area contributed by atoms with Gasteiger partial charge in [-0.3, -0.25) is 9.69 Å². The summed E-state index contributed by atoms with van der Waals surface area (Å²) in [5.74, 6) is 0.728. The van der Waals surface area contributed by atoms with Gasteiger partial charge in [-0.2, -0.15) is 0 Å². The highest BCUT2D eigenvalue weighted by Gasteiger charge is 2.18. The number of hydrogen-bond donors (Lipinski definition) is 1. The Morgan fingerprint density at radius 1 is 1.29 bits per heavy atom. The second-order valence-electron chi connectivity index (χ2n) is 6.36. The molecule has 24 heavy (non-hydrogen) atoms. The molecule has 0 saturated carbocycles. The van der Waals surface area contributed by atoms with Crippen molar-refractivity contribution in [2.45, 2.75) is 39.7 Å². The van der Waals surface area contributed by atoms with Crippen LogP contribution in [0.5, 0.6) is 5.75 Å². The van der Waals surface area contributed by atoms with Gasteiger partial charge < -0.3 is 14.8 Å². The lowest BCUT2D eigenvalue weighted by Gasteiger charge is -2.26.